The number of hydrogen-bond donors (Lipinski definition) is 3. The smallest absolute Gasteiger partial charge is 0.242 e. The summed E-state index contributed by atoms with van der Waals surface area (Å²) in [5.74, 6) is 0.266. The van der Waals surface area contributed by atoms with Gasteiger partial charge in [0.2, 0.25) is 11.8 Å². The van der Waals surface area contributed by atoms with Gasteiger partial charge in [-0.1, -0.05) is 25.0 Å². The molecule has 0 radical (unpaired) electrons. The minimum atomic E-state index is -0.291. The zero-order valence-electron chi connectivity index (χ0n) is 19.2. The van der Waals surface area contributed by atoms with Crippen LogP contribution in [0.4, 0.5) is 0 Å². The summed E-state index contributed by atoms with van der Waals surface area (Å²) in [6.07, 6.45) is 10.7. The van der Waals surface area contributed by atoms with Gasteiger partial charge in [-0.3, -0.25) is 19.3 Å². The number of nitrogens with two attached hydrogens (primary N) is 1. The number of unbranched alkanes of at least 4 members (excludes halogenated alkanes) is 2. The number of hydrogen-bond acceptors (Lipinski definition) is 5. The van der Waals surface area contributed by atoms with Gasteiger partial charge in [0.15, 0.2) is 0 Å². The number of nitrogens with zero attached hydrogens (tertiary/aromatic N) is 4. The number of carbonyl (C=O) groups excluding carboxylic acids is 2. The Morgan fingerprint density at radius 3 is 2.79 bits per heavy atom. The summed E-state index contributed by atoms with van der Waals surface area (Å²) in [5.41, 5.74) is 7.97. The third-order valence-electron chi connectivity index (χ3n) is 5.71. The van der Waals surface area contributed by atoms with Gasteiger partial charge in [0.05, 0.1) is 23.6 Å². The first kappa shape index (κ1) is 23.2. The molecule has 3 heterocycles. The highest BCUT2D eigenvalue weighted by molar-refractivity contribution is 5.86. The zero-order chi connectivity index (χ0) is 23.9. The molecule has 0 saturated carbocycles. The van der Waals surface area contributed by atoms with Crippen LogP contribution in [0.5, 0.6) is 0 Å². The van der Waals surface area contributed by atoms with Crippen molar-refractivity contribution >= 4 is 22.6 Å². The van der Waals surface area contributed by atoms with Crippen LogP contribution >= 0.6 is 0 Å². The van der Waals surface area contributed by atoms with Gasteiger partial charge in [-0.15, -0.1) is 0 Å². The van der Waals surface area contributed by atoms with Crippen LogP contribution < -0.4 is 11.1 Å². The van der Waals surface area contributed by atoms with Crippen molar-refractivity contribution in [2.24, 2.45) is 5.73 Å². The Bertz CT molecular complexity index is 1280. The molecule has 3 aromatic heterocycles. The van der Waals surface area contributed by atoms with E-state index in [4.69, 9.17) is 5.73 Å². The fraction of sp³-hybridized carbons (Fsp3) is 0.320. The molecule has 34 heavy (non-hydrogen) atoms. The molecule has 0 saturated heterocycles. The molecule has 1 atom stereocenters. The number of benzene rings is 1. The molecule has 1 aromatic carbocycles. The van der Waals surface area contributed by atoms with Gasteiger partial charge in [-0.25, -0.2) is 4.98 Å². The molecule has 0 fully saturated rings. The van der Waals surface area contributed by atoms with Gasteiger partial charge in [0, 0.05) is 36.0 Å². The predicted molar refractivity (Wildman–Crippen MR) is 129 cm³/mol. The summed E-state index contributed by atoms with van der Waals surface area (Å²) < 4.78 is 1.62. The van der Waals surface area contributed by atoms with Crippen LogP contribution in [-0.2, 0) is 16.1 Å². The van der Waals surface area contributed by atoms with E-state index < -0.39 is 0 Å². The van der Waals surface area contributed by atoms with E-state index in [1.54, 1.807) is 23.3 Å². The molecule has 176 valence electrons. The molecule has 4 aromatic rings. The summed E-state index contributed by atoms with van der Waals surface area (Å²) >= 11 is 0. The van der Waals surface area contributed by atoms with E-state index in [9.17, 15) is 9.59 Å². The second kappa shape index (κ2) is 10.7. The minimum Gasteiger partial charge on any atom is -0.370 e. The molecule has 0 bridgehead atoms. The van der Waals surface area contributed by atoms with Crippen molar-refractivity contribution in [1.82, 2.24) is 30.0 Å². The Kier molecular flexibility index (Phi) is 7.31. The fourth-order valence-electron chi connectivity index (χ4n) is 3.95. The highest BCUT2D eigenvalue weighted by atomic mass is 16.2. The van der Waals surface area contributed by atoms with Gasteiger partial charge >= 0.3 is 0 Å². The van der Waals surface area contributed by atoms with E-state index in [0.717, 1.165) is 47.0 Å². The monoisotopic (exact) mass is 459 g/mol. The van der Waals surface area contributed by atoms with Crippen LogP contribution in [0.2, 0.25) is 0 Å². The Morgan fingerprint density at radius 1 is 1.12 bits per heavy atom. The van der Waals surface area contributed by atoms with E-state index >= 15 is 0 Å². The Morgan fingerprint density at radius 2 is 2.00 bits per heavy atom. The quantitative estimate of drug-likeness (QED) is 0.296. The third kappa shape index (κ3) is 6.06. The molecule has 9 nitrogen and oxygen atoms in total. The van der Waals surface area contributed by atoms with Gasteiger partial charge in [0.1, 0.15) is 12.4 Å². The van der Waals surface area contributed by atoms with Crippen LogP contribution in [-0.4, -0.2) is 36.5 Å². The first-order valence-corrected chi connectivity index (χ1v) is 11.4. The first-order chi connectivity index (χ1) is 16.5. The Balaban J connectivity index is 1.48. The maximum atomic E-state index is 12.7. The molecule has 0 spiro atoms. The molecule has 4 rings (SSSR count). The number of imidazole rings is 1. The summed E-state index contributed by atoms with van der Waals surface area (Å²) in [4.78, 5) is 35.9. The number of H-pyrrole nitrogens is 1. The standard InChI is InChI=1S/C25H29N7O2/c1-17-10-12-32(31-17)16-24(34)29-21(5-3-2-4-6-23(26)33)25-28-15-22(30-25)19-8-7-18-9-11-27-14-20(18)13-19/h7-15,21H,2-6,16H2,1H3,(H2,26,33)(H,28,30)(H,29,34)/t21-/m0/s1. The van der Waals surface area contributed by atoms with E-state index in [2.05, 4.69) is 37.5 Å². The predicted octanol–water partition coefficient (Wildman–Crippen LogP) is 3.42. The zero-order valence-corrected chi connectivity index (χ0v) is 19.2. The van der Waals surface area contributed by atoms with Crippen molar-refractivity contribution in [3.63, 3.8) is 0 Å². The first-order valence-electron chi connectivity index (χ1n) is 11.4. The lowest BCUT2D eigenvalue weighted by Gasteiger charge is -2.17. The van der Waals surface area contributed by atoms with Crippen molar-refractivity contribution in [1.29, 1.82) is 0 Å². The van der Waals surface area contributed by atoms with Crippen molar-refractivity contribution < 1.29 is 9.59 Å². The van der Waals surface area contributed by atoms with E-state index in [1.165, 1.54) is 0 Å². The number of aryl methyl sites for hydroxylation is 1. The summed E-state index contributed by atoms with van der Waals surface area (Å²) in [5, 5.41) is 9.54. The second-order valence-electron chi connectivity index (χ2n) is 8.46. The molecule has 2 amide bonds. The number of fused-ring (bicyclic) bond motifs is 1. The number of carbonyl (C=O) groups is 2. The number of pyridine rings is 1. The summed E-state index contributed by atoms with van der Waals surface area (Å²) in [7, 11) is 0. The van der Waals surface area contributed by atoms with Crippen LogP contribution in [0.1, 0.15) is 49.7 Å². The molecule has 4 N–H and O–H groups in total. The third-order valence-corrected chi connectivity index (χ3v) is 5.71. The summed E-state index contributed by atoms with van der Waals surface area (Å²) in [6.45, 7) is 2.02. The number of amides is 2. The van der Waals surface area contributed by atoms with Crippen LogP contribution in [0.15, 0.2) is 55.1 Å². The van der Waals surface area contributed by atoms with E-state index in [-0.39, 0.29) is 24.4 Å². The largest absolute Gasteiger partial charge is 0.370 e. The van der Waals surface area contributed by atoms with Gasteiger partial charge in [-0.2, -0.15) is 5.10 Å². The van der Waals surface area contributed by atoms with Crippen LogP contribution in [0, 0.1) is 6.92 Å². The number of nitrogens with one attached hydrogen (secondary N) is 2. The number of rotatable bonds is 11. The normalized spacial score (nSPS) is 12.0. The lowest BCUT2D eigenvalue weighted by atomic mass is 10.1. The molecule has 0 aliphatic heterocycles. The van der Waals surface area contributed by atoms with E-state index in [1.807, 2.05) is 31.3 Å². The van der Waals surface area contributed by atoms with Gasteiger partial charge in [0.25, 0.3) is 0 Å². The van der Waals surface area contributed by atoms with Crippen molar-refractivity contribution in [3.8, 4) is 11.3 Å². The second-order valence-corrected chi connectivity index (χ2v) is 8.46. The number of primary amides is 1. The Labute approximate surface area is 197 Å². The maximum absolute atomic E-state index is 12.7. The van der Waals surface area contributed by atoms with E-state index in [0.29, 0.717) is 18.7 Å². The SMILES string of the molecule is Cc1ccn(CC(=O)N[C@@H](CCCCCC(N)=O)c2ncc(-c3ccc4ccncc4c3)[nH]2)n1. The van der Waals surface area contributed by atoms with Crippen molar-refractivity contribution in [2.75, 3.05) is 0 Å². The lowest BCUT2D eigenvalue weighted by molar-refractivity contribution is -0.122. The van der Waals surface area contributed by atoms with Gasteiger partial charge in [-0.05, 0) is 43.4 Å². The average Bonchev–Trinajstić information content (AvgIpc) is 3.47. The van der Waals surface area contributed by atoms with Crippen molar-refractivity contribution in [3.05, 3.63) is 66.6 Å². The number of aromatic amines is 1. The molecular weight excluding hydrogens is 430 g/mol. The molecule has 0 aliphatic carbocycles. The molecule has 9 heteroatoms. The fourth-order valence-corrected chi connectivity index (χ4v) is 3.95. The van der Waals surface area contributed by atoms with Crippen LogP contribution in [0.3, 0.4) is 0 Å². The highest BCUT2D eigenvalue weighted by Gasteiger charge is 2.19. The molecular formula is C25H29N7O2. The van der Waals surface area contributed by atoms with Gasteiger partial charge < -0.3 is 16.0 Å². The maximum Gasteiger partial charge on any atom is 0.242 e. The number of aromatic nitrogens is 5. The minimum absolute atomic E-state index is 0.136. The van der Waals surface area contributed by atoms with Crippen molar-refractivity contribution in [2.45, 2.75) is 51.6 Å². The summed E-state index contributed by atoms with van der Waals surface area (Å²) in [6, 6.07) is 9.71. The molecule has 0 unspecified atom stereocenters. The Hall–Kier alpha value is -4.01. The average molecular weight is 460 g/mol. The van der Waals surface area contributed by atoms with Crippen LogP contribution in [0.25, 0.3) is 22.0 Å². The highest BCUT2D eigenvalue weighted by Crippen LogP contribution is 2.25. The molecule has 0 aliphatic rings. The topological polar surface area (TPSA) is 132 Å². The lowest BCUT2D eigenvalue weighted by Crippen LogP contribution is -2.32.